The molecule has 0 aliphatic carbocycles. The Morgan fingerprint density at radius 2 is 2.35 bits per heavy atom. The molecule has 1 fully saturated rings. The topological polar surface area (TPSA) is 75.2 Å². The Morgan fingerprint density at radius 3 is 3.05 bits per heavy atom. The molecule has 106 valence electrons. The summed E-state index contributed by atoms with van der Waals surface area (Å²) in [5.41, 5.74) is 8.30. The molecule has 3 heterocycles. The Bertz CT molecular complexity index is 591. The number of rotatable bonds is 3. The molecule has 2 aromatic rings. The van der Waals surface area contributed by atoms with E-state index in [1.54, 1.807) is 19.5 Å². The maximum Gasteiger partial charge on any atom is 0.236 e. The van der Waals surface area contributed by atoms with E-state index in [1.165, 1.54) is 0 Å². The summed E-state index contributed by atoms with van der Waals surface area (Å²) >= 11 is 0. The lowest BCUT2D eigenvalue weighted by Crippen LogP contribution is -2.19. The number of methoxy groups -OCH3 is 1. The Labute approximate surface area is 117 Å². The Hall–Kier alpha value is -2.08. The van der Waals surface area contributed by atoms with Crippen molar-refractivity contribution in [2.75, 3.05) is 19.5 Å². The van der Waals surface area contributed by atoms with Gasteiger partial charge >= 0.3 is 0 Å². The van der Waals surface area contributed by atoms with Crippen molar-refractivity contribution < 1.29 is 9.47 Å². The molecular weight excluding hydrogens is 256 g/mol. The average molecular weight is 274 g/mol. The fourth-order valence-electron chi connectivity index (χ4n) is 2.47. The summed E-state index contributed by atoms with van der Waals surface area (Å²) in [5.74, 6) is 0.439. The molecule has 6 heteroatoms. The minimum absolute atomic E-state index is 0.00271. The standard InChI is InChI=1S/C14H18N4O2/c1-19-14-11(15)8-10(9-16-14)12-5-6-17-18(12)13-4-2-3-7-20-13/h5-6,8-9,13H,2-4,7,15H2,1H3/t13-/m1/s1. The van der Waals surface area contributed by atoms with Gasteiger partial charge in [-0.1, -0.05) is 0 Å². The summed E-state index contributed by atoms with van der Waals surface area (Å²) in [4.78, 5) is 4.21. The van der Waals surface area contributed by atoms with Gasteiger partial charge in [0, 0.05) is 24.6 Å². The molecule has 1 atom stereocenters. The van der Waals surface area contributed by atoms with Crippen LogP contribution in [-0.2, 0) is 4.74 Å². The number of nitrogens with two attached hydrogens (primary N) is 1. The third-order valence-electron chi connectivity index (χ3n) is 3.47. The van der Waals surface area contributed by atoms with Gasteiger partial charge in [-0.2, -0.15) is 5.10 Å². The van der Waals surface area contributed by atoms with Gasteiger partial charge in [-0.3, -0.25) is 0 Å². The molecule has 2 N–H and O–H groups in total. The number of hydrogen-bond donors (Lipinski definition) is 1. The zero-order chi connectivity index (χ0) is 13.9. The van der Waals surface area contributed by atoms with Gasteiger partial charge in [0.25, 0.3) is 0 Å². The molecule has 1 aliphatic rings. The van der Waals surface area contributed by atoms with Crippen molar-refractivity contribution in [1.82, 2.24) is 14.8 Å². The SMILES string of the molecule is COc1ncc(-c2ccnn2[C@H]2CCCCO2)cc1N. The molecule has 0 unspecified atom stereocenters. The second-order valence-corrected chi connectivity index (χ2v) is 4.80. The number of pyridine rings is 1. The van der Waals surface area contributed by atoms with Crippen LogP contribution in [-0.4, -0.2) is 28.5 Å². The van der Waals surface area contributed by atoms with Crippen molar-refractivity contribution >= 4 is 5.69 Å². The van der Waals surface area contributed by atoms with E-state index in [0.717, 1.165) is 37.1 Å². The van der Waals surface area contributed by atoms with Crippen LogP contribution >= 0.6 is 0 Å². The lowest BCUT2D eigenvalue weighted by Gasteiger charge is -2.24. The van der Waals surface area contributed by atoms with E-state index in [0.29, 0.717) is 11.6 Å². The van der Waals surface area contributed by atoms with Gasteiger partial charge in [0.15, 0.2) is 6.23 Å². The number of hydrogen-bond acceptors (Lipinski definition) is 5. The van der Waals surface area contributed by atoms with E-state index in [1.807, 2.05) is 16.8 Å². The molecule has 1 saturated heterocycles. The minimum Gasteiger partial charge on any atom is -0.480 e. The Balaban J connectivity index is 1.94. The molecular formula is C14H18N4O2. The van der Waals surface area contributed by atoms with Crippen molar-refractivity contribution in [3.63, 3.8) is 0 Å². The molecule has 1 aliphatic heterocycles. The maximum atomic E-state index is 5.92. The molecule has 6 nitrogen and oxygen atoms in total. The summed E-state index contributed by atoms with van der Waals surface area (Å²) in [6.45, 7) is 0.785. The van der Waals surface area contributed by atoms with Crippen molar-refractivity contribution in [1.29, 1.82) is 0 Å². The molecule has 0 bridgehead atoms. The summed E-state index contributed by atoms with van der Waals surface area (Å²) in [6, 6.07) is 3.79. The molecule has 2 aromatic heterocycles. The highest BCUT2D eigenvalue weighted by atomic mass is 16.5. The van der Waals surface area contributed by atoms with Gasteiger partial charge in [0.1, 0.15) is 0 Å². The predicted molar refractivity (Wildman–Crippen MR) is 75.3 cm³/mol. The quantitative estimate of drug-likeness (QED) is 0.929. The molecule has 0 aromatic carbocycles. The van der Waals surface area contributed by atoms with Gasteiger partial charge in [-0.15, -0.1) is 0 Å². The van der Waals surface area contributed by atoms with E-state index in [4.69, 9.17) is 15.2 Å². The van der Waals surface area contributed by atoms with Crippen molar-refractivity contribution in [2.45, 2.75) is 25.5 Å². The number of aromatic nitrogens is 3. The smallest absolute Gasteiger partial charge is 0.236 e. The Kier molecular flexibility index (Phi) is 3.56. The molecule has 0 spiro atoms. The Morgan fingerprint density at radius 1 is 1.45 bits per heavy atom. The van der Waals surface area contributed by atoms with Gasteiger partial charge in [-0.05, 0) is 31.4 Å². The van der Waals surface area contributed by atoms with E-state index < -0.39 is 0 Å². The number of nitrogen functional groups attached to an aromatic ring is 1. The highest BCUT2D eigenvalue weighted by molar-refractivity contribution is 5.65. The molecule has 0 saturated carbocycles. The van der Waals surface area contributed by atoms with Crippen LogP contribution < -0.4 is 10.5 Å². The van der Waals surface area contributed by atoms with E-state index >= 15 is 0 Å². The third-order valence-corrected chi connectivity index (χ3v) is 3.47. The summed E-state index contributed by atoms with van der Waals surface area (Å²) < 4.78 is 12.8. The number of nitrogens with zero attached hydrogens (tertiary/aromatic N) is 3. The largest absolute Gasteiger partial charge is 0.480 e. The van der Waals surface area contributed by atoms with Crippen molar-refractivity contribution in [3.05, 3.63) is 24.5 Å². The number of ether oxygens (including phenoxy) is 2. The van der Waals surface area contributed by atoms with Crippen molar-refractivity contribution in [3.8, 4) is 17.1 Å². The second kappa shape index (κ2) is 5.50. The zero-order valence-corrected chi connectivity index (χ0v) is 11.5. The first-order valence-electron chi connectivity index (χ1n) is 6.74. The molecule has 3 rings (SSSR count). The molecule has 0 amide bonds. The lowest BCUT2D eigenvalue weighted by molar-refractivity contribution is -0.0383. The van der Waals surface area contributed by atoms with Crippen molar-refractivity contribution in [2.24, 2.45) is 0 Å². The fourth-order valence-corrected chi connectivity index (χ4v) is 2.47. The van der Waals surface area contributed by atoms with Crippen LogP contribution in [0.5, 0.6) is 5.88 Å². The normalized spacial score (nSPS) is 18.9. The third kappa shape index (κ3) is 2.34. The van der Waals surface area contributed by atoms with Crippen LogP contribution in [0.3, 0.4) is 0 Å². The first-order chi connectivity index (χ1) is 9.79. The minimum atomic E-state index is -0.00271. The van der Waals surface area contributed by atoms with Crippen LogP contribution in [0.25, 0.3) is 11.3 Å². The average Bonchev–Trinajstić information content (AvgIpc) is 2.97. The van der Waals surface area contributed by atoms with Crippen LogP contribution in [0.2, 0.25) is 0 Å². The van der Waals surface area contributed by atoms with Crippen LogP contribution in [0.4, 0.5) is 5.69 Å². The van der Waals surface area contributed by atoms with E-state index in [2.05, 4.69) is 10.1 Å². The first-order valence-corrected chi connectivity index (χ1v) is 6.74. The molecule has 0 radical (unpaired) electrons. The van der Waals surface area contributed by atoms with E-state index in [9.17, 15) is 0 Å². The van der Waals surface area contributed by atoms with E-state index in [-0.39, 0.29) is 6.23 Å². The summed E-state index contributed by atoms with van der Waals surface area (Å²) in [5, 5.41) is 4.38. The highest BCUT2D eigenvalue weighted by Gasteiger charge is 2.20. The first kappa shape index (κ1) is 12.9. The highest BCUT2D eigenvalue weighted by Crippen LogP contribution is 2.30. The molecule has 20 heavy (non-hydrogen) atoms. The van der Waals surface area contributed by atoms with Gasteiger partial charge in [-0.25, -0.2) is 9.67 Å². The monoisotopic (exact) mass is 274 g/mol. The zero-order valence-electron chi connectivity index (χ0n) is 11.5. The number of anilines is 1. The van der Waals surface area contributed by atoms with Crippen LogP contribution in [0.1, 0.15) is 25.5 Å². The van der Waals surface area contributed by atoms with Gasteiger partial charge in [0.2, 0.25) is 5.88 Å². The van der Waals surface area contributed by atoms with Crippen LogP contribution in [0.15, 0.2) is 24.5 Å². The fraction of sp³-hybridized carbons (Fsp3) is 0.429. The van der Waals surface area contributed by atoms with Gasteiger partial charge in [0.05, 0.1) is 18.5 Å². The summed E-state index contributed by atoms with van der Waals surface area (Å²) in [7, 11) is 1.55. The predicted octanol–water partition coefficient (Wildman–Crippen LogP) is 2.23. The second-order valence-electron chi connectivity index (χ2n) is 4.80. The van der Waals surface area contributed by atoms with Gasteiger partial charge < -0.3 is 15.2 Å². The lowest BCUT2D eigenvalue weighted by atomic mass is 10.1. The maximum absolute atomic E-state index is 5.92. The van der Waals surface area contributed by atoms with Crippen LogP contribution in [0, 0.1) is 0 Å². The summed E-state index contributed by atoms with van der Waals surface area (Å²) in [6.07, 6.45) is 6.77.